The molecule has 1 aromatic heterocycles. The topological polar surface area (TPSA) is 51.9 Å². The third-order valence-electron chi connectivity index (χ3n) is 2.24. The Kier molecular flexibility index (Phi) is 3.06. The number of rotatable bonds is 1. The van der Waals surface area contributed by atoms with Gasteiger partial charge in [0, 0.05) is 25.8 Å². The first-order valence-corrected chi connectivity index (χ1v) is 4.85. The Morgan fingerprint density at radius 3 is 2.81 bits per heavy atom. The van der Waals surface area contributed by atoms with E-state index in [4.69, 9.17) is 0 Å². The minimum absolute atomic E-state index is 0.127. The van der Waals surface area contributed by atoms with Crippen LogP contribution in [-0.2, 0) is 6.18 Å². The Bertz CT molecular complexity index is 360. The van der Waals surface area contributed by atoms with E-state index in [1.807, 2.05) is 0 Å². The number of alkyl halides is 3. The summed E-state index contributed by atoms with van der Waals surface area (Å²) in [6.45, 7) is 1.81. The van der Waals surface area contributed by atoms with Gasteiger partial charge in [-0.05, 0) is 6.07 Å². The molecule has 87 valence electrons. The van der Waals surface area contributed by atoms with Crippen molar-refractivity contribution in [3.8, 4) is 0 Å². The lowest BCUT2D eigenvalue weighted by Crippen LogP contribution is -2.39. The van der Waals surface area contributed by atoms with E-state index in [9.17, 15) is 13.2 Å². The molecule has 0 bridgehead atoms. The van der Waals surface area contributed by atoms with E-state index in [1.165, 1.54) is 0 Å². The minimum Gasteiger partial charge on any atom is -0.313 e. The maximum atomic E-state index is 12.4. The van der Waals surface area contributed by atoms with Crippen LogP contribution in [0.5, 0.6) is 0 Å². The van der Waals surface area contributed by atoms with E-state index < -0.39 is 11.9 Å². The first-order valence-electron chi connectivity index (χ1n) is 4.85. The first kappa shape index (κ1) is 11.3. The van der Waals surface area contributed by atoms with Crippen LogP contribution in [0, 0.1) is 0 Å². The van der Waals surface area contributed by atoms with E-state index in [1.54, 1.807) is 0 Å². The molecule has 0 amide bonds. The smallest absolute Gasteiger partial charge is 0.313 e. The molecule has 1 aliphatic heterocycles. The fourth-order valence-electron chi connectivity index (χ4n) is 1.47. The summed E-state index contributed by atoms with van der Waals surface area (Å²) in [6, 6.07) is 0.482. The van der Waals surface area contributed by atoms with E-state index in [-0.39, 0.29) is 11.9 Å². The van der Waals surface area contributed by atoms with Crippen LogP contribution in [0.15, 0.2) is 12.3 Å². The zero-order valence-corrected chi connectivity index (χ0v) is 8.33. The van der Waals surface area contributed by atoms with Crippen molar-refractivity contribution in [2.24, 2.45) is 0 Å². The molecule has 1 atom stereocenters. The molecule has 4 nitrogen and oxygen atoms in total. The highest BCUT2D eigenvalue weighted by Crippen LogP contribution is 2.27. The van der Waals surface area contributed by atoms with Gasteiger partial charge in [-0.3, -0.25) is 0 Å². The lowest BCUT2D eigenvalue weighted by molar-refractivity contribution is -0.141. The van der Waals surface area contributed by atoms with Gasteiger partial charge in [-0.15, -0.1) is 0 Å². The summed E-state index contributed by atoms with van der Waals surface area (Å²) in [6.07, 6.45) is -3.31. The van der Waals surface area contributed by atoms with Crippen molar-refractivity contribution in [1.82, 2.24) is 20.6 Å². The molecule has 1 aliphatic rings. The van der Waals surface area contributed by atoms with Crippen molar-refractivity contribution in [3.05, 3.63) is 23.8 Å². The summed E-state index contributed by atoms with van der Waals surface area (Å²) in [5, 5.41) is 7.20. The summed E-state index contributed by atoms with van der Waals surface area (Å²) >= 11 is 0. The van der Waals surface area contributed by atoms with Gasteiger partial charge in [0.1, 0.15) is 11.5 Å². The Morgan fingerprint density at radius 2 is 2.19 bits per heavy atom. The zero-order chi connectivity index (χ0) is 11.6. The lowest BCUT2D eigenvalue weighted by Gasteiger charge is -2.21. The lowest BCUT2D eigenvalue weighted by atomic mass is 10.2. The Labute approximate surface area is 90.3 Å². The van der Waals surface area contributed by atoms with Gasteiger partial charge < -0.3 is 5.32 Å². The quantitative estimate of drug-likeness (QED) is 0.775. The van der Waals surface area contributed by atoms with E-state index in [0.717, 1.165) is 18.8 Å². The SMILES string of the molecule is FC(F)(F)c1ccnc(C2CNCC[N]2)n1. The number of piperazine rings is 1. The number of nitrogens with zero attached hydrogens (tertiary/aromatic N) is 3. The molecule has 0 saturated carbocycles. The largest absolute Gasteiger partial charge is 0.433 e. The predicted octanol–water partition coefficient (Wildman–Crippen LogP) is 0.744. The first-order chi connectivity index (χ1) is 7.57. The van der Waals surface area contributed by atoms with Gasteiger partial charge in [0.2, 0.25) is 0 Å². The van der Waals surface area contributed by atoms with Crippen molar-refractivity contribution >= 4 is 0 Å². The van der Waals surface area contributed by atoms with Crippen LogP contribution in [-0.4, -0.2) is 29.6 Å². The van der Waals surface area contributed by atoms with Crippen LogP contribution in [0.3, 0.4) is 0 Å². The standard InChI is InChI=1S/C9H10F3N4/c10-9(11,12)7-1-2-15-8(16-7)6-5-13-3-4-14-6/h1-2,6,13H,3-5H2. The average molecular weight is 231 g/mol. The van der Waals surface area contributed by atoms with Gasteiger partial charge >= 0.3 is 6.18 Å². The number of hydrogen-bond donors (Lipinski definition) is 1. The molecule has 0 aliphatic carbocycles. The van der Waals surface area contributed by atoms with Crippen molar-refractivity contribution in [3.63, 3.8) is 0 Å². The molecule has 1 N–H and O–H groups in total. The second-order valence-corrected chi connectivity index (χ2v) is 3.42. The maximum absolute atomic E-state index is 12.4. The number of nitrogens with one attached hydrogen (secondary N) is 1. The van der Waals surface area contributed by atoms with Crippen LogP contribution < -0.4 is 10.6 Å². The summed E-state index contributed by atoms with van der Waals surface area (Å²) < 4.78 is 37.2. The molecule has 16 heavy (non-hydrogen) atoms. The highest BCUT2D eigenvalue weighted by Gasteiger charge is 2.33. The second-order valence-electron chi connectivity index (χ2n) is 3.42. The molecular formula is C9H10F3N4. The van der Waals surface area contributed by atoms with Crippen LogP contribution in [0.2, 0.25) is 0 Å². The van der Waals surface area contributed by atoms with Gasteiger partial charge in [-0.2, -0.15) is 13.2 Å². The summed E-state index contributed by atoms with van der Waals surface area (Å²) in [7, 11) is 0. The van der Waals surface area contributed by atoms with Gasteiger partial charge in [0.15, 0.2) is 0 Å². The van der Waals surface area contributed by atoms with Crippen molar-refractivity contribution < 1.29 is 13.2 Å². The molecule has 1 saturated heterocycles. The molecule has 1 fully saturated rings. The molecule has 0 aromatic carbocycles. The predicted molar refractivity (Wildman–Crippen MR) is 49.6 cm³/mol. The number of halogens is 3. The third kappa shape index (κ3) is 2.48. The molecule has 1 aromatic rings. The van der Waals surface area contributed by atoms with Crippen LogP contribution in [0.1, 0.15) is 17.6 Å². The Balaban J connectivity index is 2.21. The average Bonchev–Trinajstić information content (AvgIpc) is 2.29. The summed E-state index contributed by atoms with van der Waals surface area (Å²) in [5.41, 5.74) is -0.918. The summed E-state index contributed by atoms with van der Waals surface area (Å²) in [4.78, 5) is 7.33. The Hall–Kier alpha value is -1.21. The van der Waals surface area contributed by atoms with Crippen molar-refractivity contribution in [2.45, 2.75) is 12.2 Å². The molecule has 2 rings (SSSR count). The molecule has 1 radical (unpaired) electrons. The van der Waals surface area contributed by atoms with Crippen molar-refractivity contribution in [2.75, 3.05) is 19.6 Å². The van der Waals surface area contributed by atoms with Crippen LogP contribution in [0.4, 0.5) is 13.2 Å². The maximum Gasteiger partial charge on any atom is 0.433 e. The Morgan fingerprint density at radius 1 is 1.38 bits per heavy atom. The fourth-order valence-corrected chi connectivity index (χ4v) is 1.47. The van der Waals surface area contributed by atoms with Crippen LogP contribution in [0.25, 0.3) is 0 Å². The minimum atomic E-state index is -4.43. The normalized spacial score (nSPS) is 22.1. The van der Waals surface area contributed by atoms with Crippen LogP contribution >= 0.6 is 0 Å². The monoisotopic (exact) mass is 231 g/mol. The van der Waals surface area contributed by atoms with E-state index >= 15 is 0 Å². The highest BCUT2D eigenvalue weighted by atomic mass is 19.4. The molecule has 2 heterocycles. The molecule has 1 unspecified atom stereocenters. The fraction of sp³-hybridized carbons (Fsp3) is 0.556. The van der Waals surface area contributed by atoms with Gasteiger partial charge in [-0.25, -0.2) is 15.3 Å². The third-order valence-corrected chi connectivity index (χ3v) is 2.24. The molecule has 7 heteroatoms. The van der Waals surface area contributed by atoms with E-state index in [2.05, 4.69) is 20.6 Å². The summed E-state index contributed by atoms with van der Waals surface area (Å²) in [5.74, 6) is 0.127. The second kappa shape index (κ2) is 4.34. The molecular weight excluding hydrogens is 221 g/mol. The van der Waals surface area contributed by atoms with Gasteiger partial charge in [0.25, 0.3) is 0 Å². The zero-order valence-electron chi connectivity index (χ0n) is 8.33. The molecule has 0 spiro atoms. The number of aromatic nitrogens is 2. The number of hydrogen-bond acceptors (Lipinski definition) is 3. The van der Waals surface area contributed by atoms with Gasteiger partial charge in [-0.1, -0.05) is 0 Å². The van der Waals surface area contributed by atoms with Gasteiger partial charge in [0.05, 0.1) is 6.04 Å². The highest BCUT2D eigenvalue weighted by molar-refractivity contribution is 5.09. The van der Waals surface area contributed by atoms with Crippen molar-refractivity contribution in [1.29, 1.82) is 0 Å². The van der Waals surface area contributed by atoms with E-state index in [0.29, 0.717) is 13.1 Å².